The normalized spacial score (nSPS) is 15.2. The number of esters is 1. The molecule has 0 atom stereocenters. The second-order valence-corrected chi connectivity index (χ2v) is 7.13. The smallest absolute Gasteiger partial charge is 0.338 e. The number of nitrogens with zero attached hydrogens (tertiary/aromatic N) is 3. The molecule has 0 spiro atoms. The third-order valence-electron chi connectivity index (χ3n) is 5.17. The molecule has 0 bridgehead atoms. The number of rotatable bonds is 2. The molecule has 3 aromatic rings. The number of aryl methyl sites for hydroxylation is 1. The van der Waals surface area contributed by atoms with Crippen molar-refractivity contribution in [1.82, 2.24) is 9.97 Å². The van der Waals surface area contributed by atoms with Gasteiger partial charge in [0.05, 0.1) is 29.2 Å². The van der Waals surface area contributed by atoms with E-state index in [4.69, 9.17) is 9.72 Å². The molecule has 1 aliphatic heterocycles. The first kappa shape index (κ1) is 16.5. The van der Waals surface area contributed by atoms with Crippen LogP contribution in [0.1, 0.15) is 41.0 Å². The van der Waals surface area contributed by atoms with Gasteiger partial charge in [0.25, 0.3) is 0 Å². The van der Waals surface area contributed by atoms with Crippen molar-refractivity contribution in [1.29, 1.82) is 0 Å². The molecule has 5 heteroatoms. The molecule has 2 aromatic heterocycles. The number of aromatic nitrogens is 2. The predicted molar refractivity (Wildman–Crippen MR) is 101 cm³/mol. The maximum atomic E-state index is 12.2. The van der Waals surface area contributed by atoms with Crippen LogP contribution >= 0.6 is 0 Å². The molecule has 26 heavy (non-hydrogen) atoms. The lowest BCUT2D eigenvalue weighted by Gasteiger charge is -2.33. The minimum absolute atomic E-state index is 0.280. The summed E-state index contributed by atoms with van der Waals surface area (Å²) in [5.74, 6) is 0.575. The van der Waals surface area contributed by atoms with Crippen LogP contribution in [-0.2, 0) is 16.8 Å². The van der Waals surface area contributed by atoms with Gasteiger partial charge in [0.1, 0.15) is 5.82 Å². The third-order valence-corrected chi connectivity index (χ3v) is 5.17. The van der Waals surface area contributed by atoms with Crippen molar-refractivity contribution in [2.75, 3.05) is 12.0 Å². The van der Waals surface area contributed by atoms with E-state index in [-0.39, 0.29) is 11.5 Å². The number of carbonyl (C=O) groups is 1. The molecule has 132 valence electrons. The van der Waals surface area contributed by atoms with Crippen LogP contribution in [0.4, 0.5) is 5.82 Å². The monoisotopic (exact) mass is 347 g/mol. The number of anilines is 1. The Morgan fingerprint density at radius 2 is 1.81 bits per heavy atom. The lowest BCUT2D eigenvalue weighted by Crippen LogP contribution is -2.35. The number of ether oxygens (including phenoxy) is 1. The molecule has 0 fully saturated rings. The molecular weight excluding hydrogens is 326 g/mol. The first-order valence-electron chi connectivity index (χ1n) is 8.64. The van der Waals surface area contributed by atoms with Gasteiger partial charge in [-0.05, 0) is 62.2 Å². The van der Waals surface area contributed by atoms with E-state index in [1.54, 1.807) is 0 Å². The van der Waals surface area contributed by atoms with E-state index in [2.05, 4.69) is 29.8 Å². The molecule has 0 N–H and O–H groups in total. The summed E-state index contributed by atoms with van der Waals surface area (Å²) in [6.45, 7) is 6.89. The Morgan fingerprint density at radius 1 is 1.08 bits per heavy atom. The summed E-state index contributed by atoms with van der Waals surface area (Å²) in [7, 11) is 1.42. The zero-order valence-electron chi connectivity index (χ0n) is 15.4. The van der Waals surface area contributed by atoms with Gasteiger partial charge in [0.2, 0.25) is 0 Å². The van der Waals surface area contributed by atoms with Gasteiger partial charge in [0, 0.05) is 12.2 Å². The van der Waals surface area contributed by atoms with E-state index >= 15 is 0 Å². The van der Waals surface area contributed by atoms with Crippen molar-refractivity contribution >= 4 is 22.8 Å². The Bertz CT molecular complexity index is 1030. The average Bonchev–Trinajstić information content (AvgIpc) is 2.91. The maximum absolute atomic E-state index is 12.2. The molecule has 0 saturated carbocycles. The molecule has 1 aliphatic rings. The lowest BCUT2D eigenvalue weighted by molar-refractivity contribution is 0.0599. The van der Waals surface area contributed by atoms with Crippen LogP contribution < -0.4 is 4.90 Å². The van der Waals surface area contributed by atoms with Crippen LogP contribution in [0.15, 0.2) is 42.5 Å². The first-order valence-corrected chi connectivity index (χ1v) is 8.64. The maximum Gasteiger partial charge on any atom is 0.338 e. The molecule has 0 amide bonds. The second kappa shape index (κ2) is 5.80. The van der Waals surface area contributed by atoms with Crippen LogP contribution in [0.25, 0.3) is 11.0 Å². The Labute approximate surface area is 152 Å². The van der Waals surface area contributed by atoms with E-state index < -0.39 is 0 Å². The van der Waals surface area contributed by atoms with Crippen LogP contribution in [0.5, 0.6) is 0 Å². The van der Waals surface area contributed by atoms with Crippen molar-refractivity contribution in [2.24, 2.45) is 0 Å². The average molecular weight is 347 g/mol. The third kappa shape index (κ3) is 2.43. The van der Waals surface area contributed by atoms with Crippen molar-refractivity contribution in [2.45, 2.75) is 32.9 Å². The van der Waals surface area contributed by atoms with Crippen LogP contribution in [0.3, 0.4) is 0 Å². The number of benzene rings is 1. The highest BCUT2D eigenvalue weighted by Crippen LogP contribution is 2.42. The van der Waals surface area contributed by atoms with Crippen LogP contribution in [0, 0.1) is 6.92 Å². The standard InChI is InChI=1S/C21H21N3O2/c1-13-8-9-18-17(22-13)10-11-19(23-18)24-12-15-14(20(25)26-4)6-5-7-16(15)21(24,2)3/h5-11H,12H2,1-4H3. The molecule has 3 heterocycles. The van der Waals surface area contributed by atoms with Gasteiger partial charge in [-0.15, -0.1) is 0 Å². The zero-order valence-corrected chi connectivity index (χ0v) is 15.4. The quantitative estimate of drug-likeness (QED) is 0.656. The van der Waals surface area contributed by atoms with Gasteiger partial charge in [-0.1, -0.05) is 12.1 Å². The Hall–Kier alpha value is -2.95. The summed E-state index contributed by atoms with van der Waals surface area (Å²) in [5, 5.41) is 0. The van der Waals surface area contributed by atoms with Gasteiger partial charge in [-0.25, -0.2) is 9.78 Å². The second-order valence-electron chi connectivity index (χ2n) is 7.13. The zero-order chi connectivity index (χ0) is 18.5. The SMILES string of the molecule is COC(=O)c1cccc2c1CN(c1ccc3nc(C)ccc3n1)C2(C)C. The molecule has 0 unspecified atom stereocenters. The Morgan fingerprint density at radius 3 is 2.58 bits per heavy atom. The Balaban J connectivity index is 1.81. The number of fused-ring (bicyclic) bond motifs is 2. The fourth-order valence-corrected chi connectivity index (χ4v) is 3.75. The highest BCUT2D eigenvalue weighted by Gasteiger charge is 2.40. The number of pyridine rings is 2. The Kier molecular flexibility index (Phi) is 3.68. The van der Waals surface area contributed by atoms with E-state index in [1.807, 2.05) is 43.3 Å². The number of hydrogen-bond donors (Lipinski definition) is 0. The van der Waals surface area contributed by atoms with Crippen LogP contribution in [0.2, 0.25) is 0 Å². The minimum Gasteiger partial charge on any atom is -0.465 e. The summed E-state index contributed by atoms with van der Waals surface area (Å²) in [4.78, 5) is 23.7. The number of methoxy groups -OCH3 is 1. The summed E-state index contributed by atoms with van der Waals surface area (Å²) < 4.78 is 4.96. The summed E-state index contributed by atoms with van der Waals surface area (Å²) in [6.07, 6.45) is 0. The van der Waals surface area contributed by atoms with Gasteiger partial charge in [-0.3, -0.25) is 4.98 Å². The fourth-order valence-electron chi connectivity index (χ4n) is 3.75. The van der Waals surface area contributed by atoms with Crippen LogP contribution in [-0.4, -0.2) is 23.0 Å². The molecule has 0 aliphatic carbocycles. The fraction of sp³-hybridized carbons (Fsp3) is 0.286. The van der Waals surface area contributed by atoms with Crippen molar-refractivity contribution in [3.63, 3.8) is 0 Å². The first-order chi connectivity index (χ1) is 12.4. The van der Waals surface area contributed by atoms with Crippen molar-refractivity contribution in [3.8, 4) is 0 Å². The molecule has 5 nitrogen and oxygen atoms in total. The van der Waals surface area contributed by atoms with Gasteiger partial charge >= 0.3 is 5.97 Å². The van der Waals surface area contributed by atoms with Gasteiger partial charge in [-0.2, -0.15) is 0 Å². The summed E-state index contributed by atoms with van der Waals surface area (Å²) >= 11 is 0. The lowest BCUT2D eigenvalue weighted by atomic mass is 9.91. The molecular formula is C21H21N3O2. The molecule has 1 aromatic carbocycles. The van der Waals surface area contributed by atoms with E-state index in [1.165, 1.54) is 7.11 Å². The molecule has 4 rings (SSSR count). The van der Waals surface area contributed by atoms with E-state index in [9.17, 15) is 4.79 Å². The molecule has 0 saturated heterocycles. The van der Waals surface area contributed by atoms with E-state index in [0.29, 0.717) is 12.1 Å². The largest absolute Gasteiger partial charge is 0.465 e. The number of carbonyl (C=O) groups excluding carboxylic acids is 1. The molecule has 0 radical (unpaired) electrons. The highest BCUT2D eigenvalue weighted by molar-refractivity contribution is 5.92. The van der Waals surface area contributed by atoms with Gasteiger partial charge in [0.15, 0.2) is 0 Å². The summed E-state index contributed by atoms with van der Waals surface area (Å²) in [6, 6.07) is 13.8. The van der Waals surface area contributed by atoms with E-state index in [0.717, 1.165) is 33.7 Å². The highest BCUT2D eigenvalue weighted by atomic mass is 16.5. The van der Waals surface area contributed by atoms with Crippen molar-refractivity contribution in [3.05, 3.63) is 64.8 Å². The van der Waals surface area contributed by atoms with Gasteiger partial charge < -0.3 is 9.64 Å². The predicted octanol–water partition coefficient (Wildman–Crippen LogP) is 3.98. The number of hydrogen-bond acceptors (Lipinski definition) is 5. The summed E-state index contributed by atoms with van der Waals surface area (Å²) in [5.41, 5.74) is 5.21. The van der Waals surface area contributed by atoms with Crippen molar-refractivity contribution < 1.29 is 9.53 Å². The topological polar surface area (TPSA) is 55.3 Å². The minimum atomic E-state index is -0.300.